The molecule has 6 heterocycles. The Hall–Kier alpha value is -3.21. The molecule has 15 heteroatoms. The van der Waals surface area contributed by atoms with E-state index in [1.54, 1.807) is 18.0 Å². The van der Waals surface area contributed by atoms with E-state index in [0.29, 0.717) is 38.1 Å². The zero-order valence-corrected chi connectivity index (χ0v) is 35.6. The number of aliphatic hydroxyl groups is 1. The monoisotopic (exact) mass is 799 g/mol. The van der Waals surface area contributed by atoms with Gasteiger partial charge in [0.2, 0.25) is 0 Å². The van der Waals surface area contributed by atoms with Gasteiger partial charge in [0.1, 0.15) is 17.9 Å². The standard InChI is InChI=1S/C42H65N5O10/c1-12-32-42(9)36-25(4)33(44-17-18-47(36)40(50)56-42)23(2)20-41(8)37(55-39-34(48)31(46(10)11)19-24(3)53-39)26(5)35(27(6)38(49)54-32)51-21-29(22-52-41)45-57-28(7)30-15-13-14-16-43-30/h13-16,23-28,31-32,34-37,39,48H,12,17-22H2,1-11H3/t23-,24+,25+,26-,27-,28-,31-,32+,34+,35+,36-,37+,39-,41-,42-/m1/s1. The Morgan fingerprint density at radius 1 is 1.11 bits per heavy atom. The van der Waals surface area contributed by atoms with Gasteiger partial charge < -0.3 is 43.3 Å². The third-order valence-corrected chi connectivity index (χ3v) is 13.0. The summed E-state index contributed by atoms with van der Waals surface area (Å²) in [5.74, 6) is -2.24. The Balaban J connectivity index is 1.46. The van der Waals surface area contributed by atoms with E-state index in [1.807, 2.05) is 78.7 Å². The number of aromatic nitrogens is 1. The first kappa shape index (κ1) is 43.4. The van der Waals surface area contributed by atoms with Crippen LogP contribution in [-0.2, 0) is 38.1 Å². The molecule has 0 aliphatic carbocycles. The molecule has 6 rings (SSSR count). The molecule has 1 aromatic heterocycles. The number of likely N-dealkylation sites (N-methyl/N-ethyl adjacent to an activating group) is 1. The van der Waals surface area contributed by atoms with Gasteiger partial charge in [-0.05, 0) is 86.0 Å². The highest BCUT2D eigenvalue weighted by Gasteiger charge is 2.60. The summed E-state index contributed by atoms with van der Waals surface area (Å²) in [5, 5.41) is 16.3. The Morgan fingerprint density at radius 2 is 1.86 bits per heavy atom. The molecule has 5 aliphatic heterocycles. The molecule has 0 unspecified atom stereocenters. The van der Waals surface area contributed by atoms with Crippen molar-refractivity contribution in [1.82, 2.24) is 14.8 Å². The Kier molecular flexibility index (Phi) is 13.4. The number of oxime groups is 1. The fourth-order valence-corrected chi connectivity index (χ4v) is 10.0. The van der Waals surface area contributed by atoms with E-state index in [9.17, 15) is 14.7 Å². The summed E-state index contributed by atoms with van der Waals surface area (Å²) in [6.45, 7) is 18.5. The summed E-state index contributed by atoms with van der Waals surface area (Å²) in [7, 11) is 3.87. The van der Waals surface area contributed by atoms with E-state index in [-0.39, 0.29) is 37.2 Å². The van der Waals surface area contributed by atoms with Crippen LogP contribution in [0.25, 0.3) is 0 Å². The molecule has 0 spiro atoms. The smallest absolute Gasteiger partial charge is 0.410 e. The molecule has 5 aliphatic rings. The van der Waals surface area contributed by atoms with Crippen LogP contribution in [0.4, 0.5) is 4.79 Å². The summed E-state index contributed by atoms with van der Waals surface area (Å²) in [6, 6.07) is 4.96. The van der Waals surface area contributed by atoms with Crippen LogP contribution >= 0.6 is 0 Å². The molecular weight excluding hydrogens is 734 g/mol. The van der Waals surface area contributed by atoms with E-state index < -0.39 is 78.0 Å². The van der Waals surface area contributed by atoms with Crippen molar-refractivity contribution in [1.29, 1.82) is 0 Å². The molecule has 0 aromatic carbocycles. The van der Waals surface area contributed by atoms with Gasteiger partial charge in [-0.3, -0.25) is 19.7 Å². The van der Waals surface area contributed by atoms with Gasteiger partial charge in [0.05, 0.1) is 61.3 Å². The maximum Gasteiger partial charge on any atom is 0.410 e. The number of cyclic esters (lactones) is 1. The number of nitrogens with zero attached hydrogens (tertiary/aromatic N) is 5. The molecule has 1 N–H and O–H groups in total. The molecule has 4 saturated heterocycles. The maximum atomic E-state index is 14.5. The third kappa shape index (κ3) is 8.74. The first-order valence-corrected chi connectivity index (χ1v) is 20.8. The van der Waals surface area contributed by atoms with Crippen molar-refractivity contribution in [2.45, 2.75) is 148 Å². The second kappa shape index (κ2) is 17.6. The molecule has 57 heavy (non-hydrogen) atoms. The fourth-order valence-electron chi connectivity index (χ4n) is 10.0. The first-order chi connectivity index (χ1) is 27.0. The van der Waals surface area contributed by atoms with E-state index >= 15 is 0 Å². The lowest BCUT2D eigenvalue weighted by atomic mass is 9.72. The van der Waals surface area contributed by atoms with Crippen LogP contribution in [0.5, 0.6) is 0 Å². The van der Waals surface area contributed by atoms with Crippen molar-refractivity contribution in [2.24, 2.45) is 33.8 Å². The SMILES string of the molecule is CC[C@@H]1OC(=O)[C@H](C)[C@H]2OCC(=NO[C@H](C)c3ccccn3)CO[C@](C)(C[C@@H](C)C3=NCCN4C(=O)O[C@@]1(C)[C@H]4[C@H]3C)[C@@H](O[C@H]1O[C@@H](C)C[C@@H](N(C)C)[C@@H]1O)[C@@H]2C. The van der Waals surface area contributed by atoms with Gasteiger partial charge in [0, 0.05) is 36.3 Å². The molecule has 0 saturated carbocycles. The van der Waals surface area contributed by atoms with Gasteiger partial charge in [-0.15, -0.1) is 0 Å². The zero-order valence-electron chi connectivity index (χ0n) is 35.6. The average molecular weight is 800 g/mol. The molecule has 4 fully saturated rings. The summed E-state index contributed by atoms with van der Waals surface area (Å²) < 4.78 is 39.8. The van der Waals surface area contributed by atoms with Crippen LogP contribution in [0.2, 0.25) is 0 Å². The molecule has 4 bridgehead atoms. The lowest BCUT2D eigenvalue weighted by Crippen LogP contribution is -2.60. The molecular formula is C42H65N5O10. The van der Waals surface area contributed by atoms with Crippen molar-refractivity contribution in [2.75, 3.05) is 40.4 Å². The minimum atomic E-state index is -1.13. The highest BCUT2D eigenvalue weighted by Crippen LogP contribution is 2.45. The van der Waals surface area contributed by atoms with Crippen LogP contribution < -0.4 is 0 Å². The number of fused-ring (bicyclic) bond motifs is 4. The molecule has 1 amide bonds. The number of esters is 1. The average Bonchev–Trinajstić information content (AvgIpc) is 3.32. The molecule has 0 radical (unpaired) electrons. The highest BCUT2D eigenvalue weighted by atomic mass is 16.7. The van der Waals surface area contributed by atoms with Gasteiger partial charge in [0.15, 0.2) is 18.0 Å². The van der Waals surface area contributed by atoms with Gasteiger partial charge in [-0.2, -0.15) is 0 Å². The van der Waals surface area contributed by atoms with Crippen molar-refractivity contribution < 1.29 is 48.0 Å². The van der Waals surface area contributed by atoms with Gasteiger partial charge >= 0.3 is 12.1 Å². The summed E-state index contributed by atoms with van der Waals surface area (Å²) in [5.41, 5.74) is -0.110. The van der Waals surface area contributed by atoms with Gasteiger partial charge in [0.25, 0.3) is 0 Å². The minimum Gasteiger partial charge on any atom is -0.458 e. The van der Waals surface area contributed by atoms with E-state index in [0.717, 1.165) is 11.4 Å². The van der Waals surface area contributed by atoms with E-state index in [2.05, 4.69) is 24.0 Å². The second-order valence-corrected chi connectivity index (χ2v) is 17.5. The molecule has 1 aromatic rings. The number of pyridine rings is 1. The number of aliphatic hydroxyl groups excluding tert-OH is 1. The quantitative estimate of drug-likeness (QED) is 0.297. The third-order valence-electron chi connectivity index (χ3n) is 13.0. The van der Waals surface area contributed by atoms with Crippen molar-refractivity contribution >= 4 is 23.5 Å². The summed E-state index contributed by atoms with van der Waals surface area (Å²) >= 11 is 0. The van der Waals surface area contributed by atoms with Crippen molar-refractivity contribution in [3.8, 4) is 0 Å². The fraction of sp³-hybridized carbons (Fsp3) is 0.786. The van der Waals surface area contributed by atoms with Gasteiger partial charge in [-0.25, -0.2) is 4.79 Å². The molecule has 15 atom stereocenters. The number of carbonyl (C=O) groups is 2. The predicted octanol–water partition coefficient (Wildman–Crippen LogP) is 4.80. The van der Waals surface area contributed by atoms with Crippen LogP contribution in [0.1, 0.15) is 93.4 Å². The summed E-state index contributed by atoms with van der Waals surface area (Å²) in [6.07, 6.45) is -2.16. The lowest BCUT2D eigenvalue weighted by Gasteiger charge is -2.48. The second-order valence-electron chi connectivity index (χ2n) is 17.5. The van der Waals surface area contributed by atoms with Gasteiger partial charge in [-0.1, -0.05) is 38.9 Å². The molecule has 15 nitrogen and oxygen atoms in total. The van der Waals surface area contributed by atoms with Crippen LogP contribution in [0, 0.1) is 23.7 Å². The number of amides is 1. The number of carbonyl (C=O) groups excluding carboxylic acids is 2. The Morgan fingerprint density at radius 3 is 2.54 bits per heavy atom. The van der Waals surface area contributed by atoms with Crippen molar-refractivity contribution in [3.63, 3.8) is 0 Å². The minimum absolute atomic E-state index is 0.00444. The molecule has 318 valence electrons. The number of ether oxygens (including phenoxy) is 6. The number of aliphatic imine (C=N–C) groups is 1. The maximum absolute atomic E-state index is 14.5. The number of rotatable bonds is 7. The number of hydrogen-bond donors (Lipinski definition) is 1. The Bertz CT molecular complexity index is 1630. The largest absolute Gasteiger partial charge is 0.458 e. The topological polar surface area (TPSA) is 163 Å². The Labute approximate surface area is 337 Å². The number of hydrogen-bond acceptors (Lipinski definition) is 14. The van der Waals surface area contributed by atoms with Crippen LogP contribution in [0.15, 0.2) is 34.5 Å². The van der Waals surface area contributed by atoms with Crippen LogP contribution in [-0.4, -0.2) is 144 Å². The van der Waals surface area contributed by atoms with E-state index in [4.69, 9.17) is 38.3 Å². The lowest BCUT2D eigenvalue weighted by molar-refractivity contribution is -0.302. The highest BCUT2D eigenvalue weighted by molar-refractivity contribution is 5.91. The normalized spacial score (nSPS) is 41.9. The first-order valence-electron chi connectivity index (χ1n) is 20.8. The zero-order chi connectivity index (χ0) is 41.4. The van der Waals surface area contributed by atoms with Crippen molar-refractivity contribution in [3.05, 3.63) is 30.1 Å². The van der Waals surface area contributed by atoms with Crippen LogP contribution in [0.3, 0.4) is 0 Å². The van der Waals surface area contributed by atoms with E-state index in [1.165, 1.54) is 0 Å². The predicted molar refractivity (Wildman–Crippen MR) is 212 cm³/mol. The summed E-state index contributed by atoms with van der Waals surface area (Å²) in [4.78, 5) is 47.3.